The maximum Gasteiger partial charge on any atom is 0.263 e. The molecule has 1 fully saturated rings. The highest BCUT2D eigenvalue weighted by molar-refractivity contribution is 6.32. The van der Waals surface area contributed by atoms with Crippen LogP contribution in [0.2, 0.25) is 5.02 Å². The van der Waals surface area contributed by atoms with Gasteiger partial charge in [0.2, 0.25) is 0 Å². The molecule has 0 aliphatic carbocycles. The Hall–Kier alpha value is -2.04. The summed E-state index contributed by atoms with van der Waals surface area (Å²) >= 11 is 6.16. The van der Waals surface area contributed by atoms with Gasteiger partial charge in [0.05, 0.1) is 5.02 Å². The first-order valence-corrected chi connectivity index (χ1v) is 9.51. The number of hydrogen-bond donors (Lipinski definition) is 0. The molecule has 0 bridgehead atoms. The van der Waals surface area contributed by atoms with E-state index < -0.39 is 6.10 Å². The van der Waals surface area contributed by atoms with Crippen LogP contribution in [0.5, 0.6) is 5.75 Å². The molecule has 1 saturated heterocycles. The van der Waals surface area contributed by atoms with Crippen molar-refractivity contribution < 1.29 is 9.53 Å². The number of carbonyl (C=O) groups excluding carboxylic acids is 1. The molecular formula is C21H25ClN2O2. The van der Waals surface area contributed by atoms with Crippen LogP contribution in [0.4, 0.5) is 0 Å². The van der Waals surface area contributed by atoms with E-state index in [0.29, 0.717) is 17.2 Å². The Kier molecular flexibility index (Phi) is 6.53. The van der Waals surface area contributed by atoms with Gasteiger partial charge in [0, 0.05) is 32.7 Å². The lowest BCUT2D eigenvalue weighted by Gasteiger charge is -2.36. The van der Waals surface area contributed by atoms with Crippen LogP contribution in [0, 0.1) is 0 Å². The van der Waals surface area contributed by atoms with Gasteiger partial charge in [-0.1, -0.05) is 61.0 Å². The fourth-order valence-corrected chi connectivity index (χ4v) is 3.35. The highest BCUT2D eigenvalue weighted by atomic mass is 35.5. The van der Waals surface area contributed by atoms with Crippen LogP contribution < -0.4 is 4.74 Å². The third-order valence-electron chi connectivity index (χ3n) is 4.69. The molecule has 1 amide bonds. The Labute approximate surface area is 160 Å². The third-order valence-corrected chi connectivity index (χ3v) is 5.00. The fourth-order valence-electron chi connectivity index (χ4n) is 3.17. The van der Waals surface area contributed by atoms with Crippen molar-refractivity contribution >= 4 is 17.5 Å². The van der Waals surface area contributed by atoms with E-state index >= 15 is 0 Å². The van der Waals surface area contributed by atoms with Crippen molar-refractivity contribution in [1.29, 1.82) is 0 Å². The van der Waals surface area contributed by atoms with E-state index in [2.05, 4.69) is 29.2 Å². The van der Waals surface area contributed by atoms with Gasteiger partial charge in [-0.3, -0.25) is 9.69 Å². The van der Waals surface area contributed by atoms with Crippen LogP contribution in [0.1, 0.15) is 18.9 Å². The van der Waals surface area contributed by atoms with E-state index in [1.54, 1.807) is 12.1 Å². The standard InChI is InChI=1S/C21H25ClN2O2/c1-2-19(26-20-11-7-6-10-18(20)22)21(25)24-14-12-23(13-15-24)16-17-8-4-3-5-9-17/h3-11,19H,2,12-16H2,1H3/t19-/m0/s1. The van der Waals surface area contributed by atoms with Crippen molar-refractivity contribution in [3.63, 3.8) is 0 Å². The van der Waals surface area contributed by atoms with Gasteiger partial charge in [-0.2, -0.15) is 0 Å². The molecule has 0 aromatic heterocycles. The minimum absolute atomic E-state index is 0.0479. The average molecular weight is 373 g/mol. The number of piperazine rings is 1. The van der Waals surface area contributed by atoms with E-state index in [0.717, 1.165) is 32.7 Å². The van der Waals surface area contributed by atoms with Gasteiger partial charge in [-0.25, -0.2) is 0 Å². The number of nitrogens with zero attached hydrogens (tertiary/aromatic N) is 2. The molecule has 138 valence electrons. The second kappa shape index (κ2) is 9.06. The molecule has 1 heterocycles. The lowest BCUT2D eigenvalue weighted by Crippen LogP contribution is -2.52. The molecule has 0 saturated carbocycles. The lowest BCUT2D eigenvalue weighted by molar-refractivity contribution is -0.140. The van der Waals surface area contributed by atoms with Crippen molar-refractivity contribution in [2.45, 2.75) is 26.0 Å². The number of ether oxygens (including phenoxy) is 1. The van der Waals surface area contributed by atoms with Gasteiger partial charge < -0.3 is 9.64 Å². The maximum atomic E-state index is 12.8. The summed E-state index contributed by atoms with van der Waals surface area (Å²) in [6, 6.07) is 17.7. The zero-order valence-electron chi connectivity index (χ0n) is 15.1. The quantitative estimate of drug-likeness (QED) is 0.772. The SMILES string of the molecule is CC[C@H](Oc1ccccc1Cl)C(=O)N1CCN(Cc2ccccc2)CC1. The Morgan fingerprint density at radius 2 is 1.69 bits per heavy atom. The third kappa shape index (κ3) is 4.77. The molecule has 3 rings (SSSR count). The number of benzene rings is 2. The van der Waals surface area contributed by atoms with E-state index in [1.165, 1.54) is 5.56 Å². The molecule has 2 aromatic rings. The smallest absolute Gasteiger partial charge is 0.263 e. The summed E-state index contributed by atoms with van der Waals surface area (Å²) in [6.45, 7) is 6.11. The number of amides is 1. The van der Waals surface area contributed by atoms with Crippen LogP contribution in [-0.2, 0) is 11.3 Å². The minimum Gasteiger partial charge on any atom is -0.479 e. The van der Waals surface area contributed by atoms with Crippen molar-refractivity contribution in [3.05, 3.63) is 65.2 Å². The first-order chi connectivity index (χ1) is 12.7. The highest BCUT2D eigenvalue weighted by Gasteiger charge is 2.28. The highest BCUT2D eigenvalue weighted by Crippen LogP contribution is 2.25. The molecule has 4 nitrogen and oxygen atoms in total. The summed E-state index contributed by atoms with van der Waals surface area (Å²) in [5.74, 6) is 0.615. The van der Waals surface area contributed by atoms with Crippen LogP contribution in [0.3, 0.4) is 0 Å². The summed E-state index contributed by atoms with van der Waals surface area (Å²) < 4.78 is 5.90. The zero-order valence-corrected chi connectivity index (χ0v) is 15.9. The Morgan fingerprint density at radius 1 is 1.04 bits per heavy atom. The predicted octanol–water partition coefficient (Wildman–Crippen LogP) is 3.84. The summed E-state index contributed by atoms with van der Waals surface area (Å²) in [5, 5.41) is 0.534. The van der Waals surface area contributed by atoms with E-state index in [1.807, 2.05) is 30.0 Å². The zero-order chi connectivity index (χ0) is 18.4. The summed E-state index contributed by atoms with van der Waals surface area (Å²) in [4.78, 5) is 17.1. The lowest BCUT2D eigenvalue weighted by atomic mass is 10.1. The van der Waals surface area contributed by atoms with Gasteiger partial charge in [0.1, 0.15) is 5.75 Å². The van der Waals surface area contributed by atoms with E-state index in [4.69, 9.17) is 16.3 Å². The monoisotopic (exact) mass is 372 g/mol. The van der Waals surface area contributed by atoms with Gasteiger partial charge in [-0.15, -0.1) is 0 Å². The normalized spacial score (nSPS) is 16.3. The average Bonchev–Trinajstić information content (AvgIpc) is 2.68. The van der Waals surface area contributed by atoms with Crippen molar-refractivity contribution in [3.8, 4) is 5.75 Å². The molecule has 2 aromatic carbocycles. The maximum absolute atomic E-state index is 12.8. The van der Waals surface area contributed by atoms with E-state index in [9.17, 15) is 4.79 Å². The van der Waals surface area contributed by atoms with Crippen LogP contribution in [-0.4, -0.2) is 48.0 Å². The van der Waals surface area contributed by atoms with Crippen molar-refractivity contribution in [2.24, 2.45) is 0 Å². The Morgan fingerprint density at radius 3 is 2.35 bits per heavy atom. The Bertz CT molecular complexity index is 715. The summed E-state index contributed by atoms with van der Waals surface area (Å²) in [5.41, 5.74) is 1.31. The van der Waals surface area contributed by atoms with Gasteiger partial charge >= 0.3 is 0 Å². The molecule has 1 atom stereocenters. The Balaban J connectivity index is 1.54. The van der Waals surface area contributed by atoms with Crippen molar-refractivity contribution in [2.75, 3.05) is 26.2 Å². The van der Waals surface area contributed by atoms with Crippen LogP contribution in [0.15, 0.2) is 54.6 Å². The molecule has 5 heteroatoms. The first kappa shape index (κ1) is 18.7. The topological polar surface area (TPSA) is 32.8 Å². The second-order valence-corrected chi connectivity index (χ2v) is 6.94. The number of hydrogen-bond acceptors (Lipinski definition) is 3. The molecule has 0 N–H and O–H groups in total. The van der Waals surface area contributed by atoms with Gasteiger partial charge in [0.25, 0.3) is 5.91 Å². The number of halogens is 1. The van der Waals surface area contributed by atoms with Crippen LogP contribution >= 0.6 is 11.6 Å². The first-order valence-electron chi connectivity index (χ1n) is 9.13. The molecule has 1 aliphatic rings. The molecule has 0 spiro atoms. The van der Waals surface area contributed by atoms with E-state index in [-0.39, 0.29) is 5.91 Å². The predicted molar refractivity (Wildman–Crippen MR) is 104 cm³/mol. The molecule has 0 unspecified atom stereocenters. The largest absolute Gasteiger partial charge is 0.479 e. The number of rotatable bonds is 6. The van der Waals surface area contributed by atoms with Gasteiger partial charge in [-0.05, 0) is 24.1 Å². The van der Waals surface area contributed by atoms with Crippen molar-refractivity contribution in [1.82, 2.24) is 9.80 Å². The second-order valence-electron chi connectivity index (χ2n) is 6.53. The van der Waals surface area contributed by atoms with Gasteiger partial charge in [0.15, 0.2) is 6.10 Å². The molecule has 0 radical (unpaired) electrons. The summed E-state index contributed by atoms with van der Waals surface area (Å²) in [7, 11) is 0. The fraction of sp³-hybridized carbons (Fsp3) is 0.381. The number of carbonyl (C=O) groups is 1. The minimum atomic E-state index is -0.490. The molecule has 1 aliphatic heterocycles. The summed E-state index contributed by atoms with van der Waals surface area (Å²) in [6.07, 6.45) is 0.129. The van der Waals surface area contributed by atoms with Crippen LogP contribution in [0.25, 0.3) is 0 Å². The molecular weight excluding hydrogens is 348 g/mol. The number of para-hydroxylation sites is 1. The molecule has 26 heavy (non-hydrogen) atoms.